The van der Waals surface area contributed by atoms with E-state index in [1.54, 1.807) is 0 Å². The molecule has 4 nitrogen and oxygen atoms in total. The molecule has 7 heteroatoms. The molecule has 4 heterocycles. The molecule has 11 rings (SSSR count). The van der Waals surface area contributed by atoms with Crippen LogP contribution in [0.4, 0.5) is 0 Å². The molecule has 3 aromatic heterocycles. The van der Waals surface area contributed by atoms with Gasteiger partial charge in [-0.05, 0) is 111 Å². The van der Waals surface area contributed by atoms with Crippen molar-refractivity contribution in [1.82, 2.24) is 14.5 Å². The second-order valence-corrected chi connectivity index (χ2v) is 32.3. The van der Waals surface area contributed by atoms with Crippen LogP contribution in [0.3, 0.4) is 0 Å². The van der Waals surface area contributed by atoms with E-state index >= 15 is 0 Å². The summed E-state index contributed by atoms with van der Waals surface area (Å²) >= 11 is 0. The van der Waals surface area contributed by atoms with Gasteiger partial charge >= 0.3 is 0 Å². The summed E-state index contributed by atoms with van der Waals surface area (Å²) in [7, 11) is -2.21. The van der Waals surface area contributed by atoms with Crippen molar-refractivity contribution < 1.29 is 24.5 Å². The average molecular weight is 1140 g/mol. The molecule has 361 valence electrons. The molecular formula is C64H65IrN3OSi2-2. The Labute approximate surface area is 437 Å². The van der Waals surface area contributed by atoms with Crippen LogP contribution in [0.25, 0.3) is 83.6 Å². The topological polar surface area (TPSA) is 43.9 Å². The maximum absolute atomic E-state index is 6.80. The smallest absolute Gasteiger partial charge is 0.121 e. The van der Waals surface area contributed by atoms with Gasteiger partial charge in [-0.2, -0.15) is 0 Å². The van der Waals surface area contributed by atoms with Crippen molar-refractivity contribution in [3.63, 3.8) is 0 Å². The van der Waals surface area contributed by atoms with Gasteiger partial charge in [0, 0.05) is 45.4 Å². The molecular weight excluding hydrogens is 1080 g/mol. The summed E-state index contributed by atoms with van der Waals surface area (Å²) in [6, 6.07) is 66.1. The predicted octanol–water partition coefficient (Wildman–Crippen LogP) is 17.7. The molecule has 1 aliphatic heterocycles. The number of para-hydroxylation sites is 2. The quantitative estimate of drug-likeness (QED) is 0.107. The number of benzene rings is 7. The van der Waals surface area contributed by atoms with Gasteiger partial charge in [0.1, 0.15) is 5.58 Å². The molecule has 0 amide bonds. The Balaban J connectivity index is 0.000000313. The molecule has 71 heavy (non-hydrogen) atoms. The molecule has 0 saturated carbocycles. The first kappa shape index (κ1) is 50.0. The minimum atomic E-state index is -1.23. The van der Waals surface area contributed by atoms with Crippen molar-refractivity contribution in [2.24, 2.45) is 0 Å². The zero-order valence-electron chi connectivity index (χ0n) is 42.7. The number of aromatic nitrogens is 3. The standard InChI is InChI=1S/C50H49N2OSi.C14H16NSi.Ir/c1-32(2)43-29-39(36-21-19-35(20-22-36)37-25-27-54(5,6)28-26-37)30-44(33(3)4)48(43)52-46-18-11-10-17-45(46)51-50(52)42-16-12-15-41-40-24-23-38(31-47(40)53-49(41)42)34-13-8-7-9-14-34;1-16(2,3)13-9-10-14(15-11-13)12-7-5-4-6-8-12;/h7-15,17-24,29-33,37H,25-28H2,1-6H3;4-7,9-11H,1-3H3;/q2*-1;. The number of fused-ring (bicyclic) bond motifs is 4. The van der Waals surface area contributed by atoms with Crippen molar-refractivity contribution in [3.8, 4) is 50.6 Å². The summed E-state index contributed by atoms with van der Waals surface area (Å²) in [5, 5.41) is 3.56. The summed E-state index contributed by atoms with van der Waals surface area (Å²) in [5.74, 6) is 2.11. The van der Waals surface area contributed by atoms with E-state index < -0.39 is 16.1 Å². The number of furan rings is 1. The van der Waals surface area contributed by atoms with Crippen LogP contribution in [0.2, 0.25) is 44.8 Å². The van der Waals surface area contributed by atoms with Crippen LogP contribution in [0.15, 0.2) is 168 Å². The van der Waals surface area contributed by atoms with E-state index in [0.29, 0.717) is 5.92 Å². The van der Waals surface area contributed by atoms with Crippen molar-refractivity contribution in [1.29, 1.82) is 0 Å². The first-order chi connectivity index (χ1) is 33.7. The predicted molar refractivity (Wildman–Crippen MR) is 302 cm³/mol. The normalized spacial score (nSPS) is 14.0. The molecule has 0 atom stereocenters. The zero-order chi connectivity index (χ0) is 48.7. The maximum Gasteiger partial charge on any atom is 0.121 e. The van der Waals surface area contributed by atoms with Gasteiger partial charge in [-0.15, -0.1) is 54.1 Å². The molecule has 10 aromatic rings. The molecule has 0 unspecified atom stereocenters. The van der Waals surface area contributed by atoms with E-state index in [-0.39, 0.29) is 31.9 Å². The largest absolute Gasteiger partial charge is 0.501 e. The van der Waals surface area contributed by atoms with Crippen LogP contribution in [-0.2, 0) is 20.1 Å². The van der Waals surface area contributed by atoms with E-state index in [2.05, 4.69) is 210 Å². The van der Waals surface area contributed by atoms with Crippen LogP contribution in [0, 0.1) is 12.1 Å². The van der Waals surface area contributed by atoms with Crippen LogP contribution in [-0.4, -0.2) is 30.7 Å². The average Bonchev–Trinajstić information content (AvgIpc) is 3.95. The van der Waals surface area contributed by atoms with Gasteiger partial charge in [-0.1, -0.05) is 174 Å². The summed E-state index contributed by atoms with van der Waals surface area (Å²) in [6.07, 6.45) is 4.71. The Hall–Kier alpha value is -5.96. The van der Waals surface area contributed by atoms with Gasteiger partial charge in [0.2, 0.25) is 0 Å². The Morgan fingerprint density at radius 3 is 1.96 bits per heavy atom. The number of nitrogens with zero attached hydrogens (tertiary/aromatic N) is 3. The van der Waals surface area contributed by atoms with E-state index in [1.165, 1.54) is 69.2 Å². The van der Waals surface area contributed by atoms with E-state index in [4.69, 9.17) is 9.40 Å². The van der Waals surface area contributed by atoms with Crippen LogP contribution in [0.1, 0.15) is 75.0 Å². The van der Waals surface area contributed by atoms with Crippen LogP contribution < -0.4 is 5.19 Å². The van der Waals surface area contributed by atoms with Gasteiger partial charge in [0.25, 0.3) is 0 Å². The van der Waals surface area contributed by atoms with E-state index in [1.807, 2.05) is 36.5 Å². The zero-order valence-corrected chi connectivity index (χ0v) is 47.1. The Kier molecular flexibility index (Phi) is 14.5. The van der Waals surface area contributed by atoms with Crippen molar-refractivity contribution in [3.05, 3.63) is 193 Å². The molecule has 1 fully saturated rings. The maximum atomic E-state index is 6.80. The molecule has 0 aliphatic carbocycles. The molecule has 0 spiro atoms. The fourth-order valence-corrected chi connectivity index (χ4v) is 13.9. The summed E-state index contributed by atoms with van der Waals surface area (Å²) in [4.78, 5) is 9.88. The first-order valence-corrected chi connectivity index (χ1v) is 32.3. The number of imidazole rings is 1. The van der Waals surface area contributed by atoms with Crippen LogP contribution in [0.5, 0.6) is 0 Å². The molecule has 7 aromatic carbocycles. The fraction of sp³-hybridized carbons (Fsp3) is 0.250. The molecule has 0 N–H and O–H groups in total. The molecule has 1 radical (unpaired) electrons. The number of rotatable bonds is 9. The van der Waals surface area contributed by atoms with Gasteiger partial charge < -0.3 is 14.0 Å². The SMILES string of the molecule is CC(C)c1cc(-c2ccc(C3CC[Si](C)(C)CC3)cc2)cc(C(C)C)c1-n1c(-c2[c-]ccc3c2oc2cc(-c4ccccc4)ccc23)nc2ccccc21.C[Si](C)(C)c1ccc(-c2[c-]cccc2)nc1.[Ir]. The second kappa shape index (κ2) is 20.6. The number of pyridine rings is 1. The van der Waals surface area contributed by atoms with E-state index in [9.17, 15) is 0 Å². The summed E-state index contributed by atoms with van der Waals surface area (Å²) in [6.45, 7) is 21.4. The monoisotopic (exact) mass is 1140 g/mol. The van der Waals surface area contributed by atoms with Gasteiger partial charge in [0.15, 0.2) is 0 Å². The van der Waals surface area contributed by atoms with Gasteiger partial charge in [0.05, 0.1) is 30.5 Å². The molecule has 0 bridgehead atoms. The first-order valence-electron chi connectivity index (χ1n) is 25.3. The molecule has 1 aliphatic rings. The van der Waals surface area contributed by atoms with Crippen molar-refractivity contribution in [2.45, 2.75) is 103 Å². The summed E-state index contributed by atoms with van der Waals surface area (Å²) in [5.41, 5.74) is 16.9. The van der Waals surface area contributed by atoms with Crippen molar-refractivity contribution >= 4 is 54.3 Å². The Morgan fingerprint density at radius 1 is 0.648 bits per heavy atom. The Morgan fingerprint density at radius 2 is 1.31 bits per heavy atom. The number of hydrogen-bond donors (Lipinski definition) is 0. The van der Waals surface area contributed by atoms with Crippen LogP contribution >= 0.6 is 0 Å². The number of hydrogen-bond acceptors (Lipinski definition) is 3. The minimum absolute atomic E-state index is 0. The third-order valence-electron chi connectivity index (χ3n) is 14.6. The fourth-order valence-electron chi connectivity index (χ4n) is 10.4. The van der Waals surface area contributed by atoms with E-state index in [0.717, 1.165) is 61.2 Å². The summed E-state index contributed by atoms with van der Waals surface area (Å²) < 4.78 is 9.20. The second-order valence-electron chi connectivity index (χ2n) is 21.9. The Bertz CT molecular complexity index is 3400. The third kappa shape index (κ3) is 10.4. The van der Waals surface area contributed by atoms with Gasteiger partial charge in [-0.3, -0.25) is 4.98 Å². The van der Waals surface area contributed by atoms with Gasteiger partial charge in [-0.25, -0.2) is 0 Å². The van der Waals surface area contributed by atoms with Crippen molar-refractivity contribution in [2.75, 3.05) is 0 Å². The third-order valence-corrected chi connectivity index (χ3v) is 19.9. The molecule has 1 saturated heterocycles. The minimum Gasteiger partial charge on any atom is -0.501 e.